The number of aromatic amines is 1. The second-order valence-electron chi connectivity index (χ2n) is 4.74. The molecule has 0 saturated heterocycles. The van der Waals surface area contributed by atoms with E-state index in [1.807, 2.05) is 0 Å². The van der Waals surface area contributed by atoms with Crippen LogP contribution in [-0.2, 0) is 22.9 Å². The number of amides is 1. The Morgan fingerprint density at radius 1 is 1.42 bits per heavy atom. The summed E-state index contributed by atoms with van der Waals surface area (Å²) in [4.78, 5) is 11.9. The van der Waals surface area contributed by atoms with E-state index >= 15 is 0 Å². The van der Waals surface area contributed by atoms with Crippen LogP contribution >= 0.6 is 0 Å². The Kier molecular flexibility index (Phi) is 3.91. The zero-order chi connectivity index (χ0) is 14.0. The van der Waals surface area contributed by atoms with Gasteiger partial charge in [-0.1, -0.05) is 0 Å². The van der Waals surface area contributed by atoms with Crippen molar-refractivity contribution in [3.05, 3.63) is 17.0 Å². The molecule has 0 fully saturated rings. The number of carbonyl (C=O) groups is 1. The van der Waals surface area contributed by atoms with E-state index in [9.17, 15) is 13.2 Å². The molecule has 1 aromatic rings. The third kappa shape index (κ3) is 2.95. The molecule has 7 nitrogen and oxygen atoms in total. The summed E-state index contributed by atoms with van der Waals surface area (Å²) < 4.78 is 24.2. The van der Waals surface area contributed by atoms with Gasteiger partial charge in [0.15, 0.2) is 5.69 Å². The van der Waals surface area contributed by atoms with E-state index in [4.69, 9.17) is 0 Å². The largest absolute Gasteiger partial charge is 0.350 e. The first-order valence-electron chi connectivity index (χ1n) is 6.16. The molecule has 1 aromatic heterocycles. The lowest BCUT2D eigenvalue weighted by molar-refractivity contribution is 0.0950. The third-order valence-corrected chi connectivity index (χ3v) is 5.06. The van der Waals surface area contributed by atoms with Gasteiger partial charge in [-0.15, -0.1) is 0 Å². The van der Waals surface area contributed by atoms with E-state index in [1.165, 1.54) is 14.1 Å². The molecule has 0 bridgehead atoms. The van der Waals surface area contributed by atoms with Gasteiger partial charge in [-0.3, -0.25) is 9.89 Å². The molecule has 1 aliphatic rings. The number of aromatic nitrogens is 2. The van der Waals surface area contributed by atoms with Crippen LogP contribution in [0.1, 0.15) is 28.2 Å². The minimum absolute atomic E-state index is 0.0843. The van der Waals surface area contributed by atoms with Gasteiger partial charge in [0.1, 0.15) is 0 Å². The van der Waals surface area contributed by atoms with Gasteiger partial charge >= 0.3 is 0 Å². The molecule has 1 heterocycles. The van der Waals surface area contributed by atoms with Gasteiger partial charge in [-0.2, -0.15) is 5.10 Å². The number of rotatable bonds is 5. The number of nitrogens with one attached hydrogen (secondary N) is 2. The summed E-state index contributed by atoms with van der Waals surface area (Å²) in [6.45, 7) is 0.0843. The van der Waals surface area contributed by atoms with Gasteiger partial charge in [-0.25, -0.2) is 12.7 Å². The summed E-state index contributed by atoms with van der Waals surface area (Å²) in [7, 11) is -0.344. The lowest BCUT2D eigenvalue weighted by atomic mass is 10.2. The van der Waals surface area contributed by atoms with Crippen LogP contribution in [0.4, 0.5) is 0 Å². The molecule has 8 heteroatoms. The smallest absolute Gasteiger partial charge is 0.272 e. The van der Waals surface area contributed by atoms with Crippen molar-refractivity contribution in [2.45, 2.75) is 19.3 Å². The number of fused-ring (bicyclic) bond motifs is 1. The maximum absolute atomic E-state index is 11.9. The Bertz CT molecular complexity index is 577. The van der Waals surface area contributed by atoms with Crippen LogP contribution in [0, 0.1) is 0 Å². The van der Waals surface area contributed by atoms with Crippen molar-refractivity contribution >= 4 is 15.9 Å². The van der Waals surface area contributed by atoms with Crippen molar-refractivity contribution in [1.29, 1.82) is 0 Å². The Labute approximate surface area is 112 Å². The minimum Gasteiger partial charge on any atom is -0.350 e. The highest BCUT2D eigenvalue weighted by molar-refractivity contribution is 7.89. The highest BCUT2D eigenvalue weighted by atomic mass is 32.2. The van der Waals surface area contributed by atoms with Crippen LogP contribution in [0.15, 0.2) is 0 Å². The Morgan fingerprint density at radius 3 is 2.84 bits per heavy atom. The Morgan fingerprint density at radius 2 is 2.16 bits per heavy atom. The average Bonchev–Trinajstić information content (AvgIpc) is 2.89. The topological polar surface area (TPSA) is 95.2 Å². The first-order valence-corrected chi connectivity index (χ1v) is 7.77. The molecule has 106 valence electrons. The van der Waals surface area contributed by atoms with Crippen LogP contribution in [0.5, 0.6) is 0 Å². The van der Waals surface area contributed by atoms with Gasteiger partial charge in [0.25, 0.3) is 5.91 Å². The van der Waals surface area contributed by atoms with Crippen molar-refractivity contribution in [2.24, 2.45) is 0 Å². The van der Waals surface area contributed by atoms with Crippen molar-refractivity contribution < 1.29 is 13.2 Å². The predicted molar refractivity (Wildman–Crippen MR) is 70.4 cm³/mol. The van der Waals surface area contributed by atoms with Crippen molar-refractivity contribution in [2.75, 3.05) is 26.4 Å². The SMILES string of the molecule is CN(C)S(=O)(=O)CCNC(=O)c1n[nH]c2c1CCC2. The fourth-order valence-electron chi connectivity index (χ4n) is 2.07. The average molecular weight is 286 g/mol. The summed E-state index contributed by atoms with van der Waals surface area (Å²) in [6.07, 6.45) is 2.80. The fourth-order valence-corrected chi connectivity index (χ4v) is 2.79. The summed E-state index contributed by atoms with van der Waals surface area (Å²) >= 11 is 0. The number of nitrogens with zero attached hydrogens (tertiary/aromatic N) is 2. The highest BCUT2D eigenvalue weighted by Crippen LogP contribution is 2.22. The number of hydrogen-bond acceptors (Lipinski definition) is 4. The van der Waals surface area contributed by atoms with E-state index in [-0.39, 0.29) is 18.2 Å². The molecule has 1 aliphatic carbocycles. The van der Waals surface area contributed by atoms with Gasteiger partial charge in [0.05, 0.1) is 5.75 Å². The standard InChI is InChI=1S/C11H18N4O3S/c1-15(2)19(17,18)7-6-12-11(16)10-8-4-3-5-9(8)13-14-10/h3-7H2,1-2H3,(H,12,16)(H,13,14). The summed E-state index contributed by atoms with van der Waals surface area (Å²) in [5, 5.41) is 9.44. The van der Waals surface area contributed by atoms with Crippen molar-refractivity contribution in [1.82, 2.24) is 19.8 Å². The molecule has 0 spiro atoms. The van der Waals surface area contributed by atoms with Crippen molar-refractivity contribution in [3.8, 4) is 0 Å². The predicted octanol–water partition coefficient (Wildman–Crippen LogP) is -0.480. The molecule has 2 rings (SSSR count). The first kappa shape index (κ1) is 14.0. The lowest BCUT2D eigenvalue weighted by Crippen LogP contribution is -2.34. The second-order valence-corrected chi connectivity index (χ2v) is 7.04. The molecule has 0 atom stereocenters. The number of carbonyl (C=O) groups excluding carboxylic acids is 1. The third-order valence-electron chi connectivity index (χ3n) is 3.22. The Balaban J connectivity index is 1.92. The van der Waals surface area contributed by atoms with Crippen LogP contribution in [-0.4, -0.2) is 55.2 Å². The van der Waals surface area contributed by atoms with Gasteiger partial charge in [0, 0.05) is 31.9 Å². The number of H-pyrrole nitrogens is 1. The van der Waals surface area contributed by atoms with Crippen molar-refractivity contribution in [3.63, 3.8) is 0 Å². The van der Waals surface area contributed by atoms with Crippen LogP contribution < -0.4 is 5.32 Å². The molecule has 0 aromatic carbocycles. The lowest BCUT2D eigenvalue weighted by Gasteiger charge is -2.11. The molecule has 0 aliphatic heterocycles. The van der Waals surface area contributed by atoms with Crippen LogP contribution in [0.2, 0.25) is 0 Å². The number of aryl methyl sites for hydroxylation is 1. The molecule has 2 N–H and O–H groups in total. The summed E-state index contributed by atoms with van der Waals surface area (Å²) in [5.41, 5.74) is 2.38. The summed E-state index contributed by atoms with van der Waals surface area (Å²) in [5.74, 6) is -0.424. The maximum Gasteiger partial charge on any atom is 0.272 e. The molecule has 0 unspecified atom stereocenters. The van der Waals surface area contributed by atoms with E-state index < -0.39 is 10.0 Å². The molecular formula is C11H18N4O3S. The number of sulfonamides is 1. The highest BCUT2D eigenvalue weighted by Gasteiger charge is 2.23. The van der Waals surface area contributed by atoms with E-state index in [1.54, 1.807) is 0 Å². The van der Waals surface area contributed by atoms with Gasteiger partial charge in [-0.05, 0) is 19.3 Å². The fraction of sp³-hybridized carbons (Fsp3) is 0.636. The van der Waals surface area contributed by atoms with Crippen LogP contribution in [0.3, 0.4) is 0 Å². The minimum atomic E-state index is -3.28. The molecular weight excluding hydrogens is 268 g/mol. The van der Waals surface area contributed by atoms with E-state index in [2.05, 4.69) is 15.5 Å². The quantitative estimate of drug-likeness (QED) is 0.764. The van der Waals surface area contributed by atoms with E-state index in [0.717, 1.165) is 34.8 Å². The van der Waals surface area contributed by atoms with E-state index in [0.29, 0.717) is 5.69 Å². The summed E-state index contributed by atoms with van der Waals surface area (Å²) in [6, 6.07) is 0. The molecule has 0 saturated carbocycles. The normalized spacial score (nSPS) is 14.7. The van der Waals surface area contributed by atoms with Gasteiger partial charge in [0.2, 0.25) is 10.0 Å². The Hall–Kier alpha value is -1.41. The number of hydrogen-bond donors (Lipinski definition) is 2. The molecule has 1 amide bonds. The first-order chi connectivity index (χ1) is 8.92. The zero-order valence-electron chi connectivity index (χ0n) is 11.1. The monoisotopic (exact) mass is 286 g/mol. The molecule has 19 heavy (non-hydrogen) atoms. The molecule has 0 radical (unpaired) electrons. The van der Waals surface area contributed by atoms with Gasteiger partial charge < -0.3 is 5.32 Å². The zero-order valence-corrected chi connectivity index (χ0v) is 11.9. The second kappa shape index (κ2) is 5.30. The van der Waals surface area contributed by atoms with Crippen LogP contribution in [0.25, 0.3) is 0 Å². The maximum atomic E-state index is 11.9.